The van der Waals surface area contributed by atoms with Gasteiger partial charge in [0.15, 0.2) is 0 Å². The normalized spacial score (nSPS) is 10.5. The maximum atomic E-state index is 10.9. The second-order valence-electron chi connectivity index (χ2n) is 3.72. The fourth-order valence-corrected chi connectivity index (χ4v) is 1.93. The van der Waals surface area contributed by atoms with Crippen LogP contribution in [0.1, 0.15) is 21.8 Å². The molecule has 0 amide bonds. The van der Waals surface area contributed by atoms with Crippen molar-refractivity contribution in [2.45, 2.75) is 13.8 Å². The van der Waals surface area contributed by atoms with E-state index in [1.54, 1.807) is 6.92 Å². The predicted octanol–water partition coefficient (Wildman–Crippen LogP) is 3.42. The van der Waals surface area contributed by atoms with Gasteiger partial charge in [0.1, 0.15) is 0 Å². The van der Waals surface area contributed by atoms with E-state index in [-0.39, 0.29) is 5.76 Å². The SMILES string of the molecule is Cc1ccc(Br)c(-c2nc(C)c(C(=O)O)o2)c1. The van der Waals surface area contributed by atoms with E-state index in [1.165, 1.54) is 0 Å². The molecule has 0 aliphatic rings. The van der Waals surface area contributed by atoms with Crippen molar-refractivity contribution >= 4 is 21.9 Å². The largest absolute Gasteiger partial charge is 0.475 e. The molecule has 0 bridgehead atoms. The third-order valence-electron chi connectivity index (χ3n) is 2.34. The summed E-state index contributed by atoms with van der Waals surface area (Å²) in [5.41, 5.74) is 2.18. The summed E-state index contributed by atoms with van der Waals surface area (Å²) in [5.74, 6) is -0.908. The van der Waals surface area contributed by atoms with Crippen LogP contribution in [0.15, 0.2) is 27.1 Å². The number of aryl methyl sites for hydroxylation is 2. The molecule has 2 rings (SSSR count). The van der Waals surface area contributed by atoms with Crippen molar-refractivity contribution in [3.63, 3.8) is 0 Å². The van der Waals surface area contributed by atoms with Crippen LogP contribution in [0.25, 0.3) is 11.5 Å². The molecule has 0 spiro atoms. The van der Waals surface area contributed by atoms with Gasteiger partial charge < -0.3 is 9.52 Å². The van der Waals surface area contributed by atoms with Crippen LogP contribution in [0.3, 0.4) is 0 Å². The number of nitrogens with zero attached hydrogens (tertiary/aromatic N) is 1. The van der Waals surface area contributed by atoms with Gasteiger partial charge in [0.05, 0.1) is 11.3 Å². The van der Waals surface area contributed by atoms with Crippen LogP contribution in [0.5, 0.6) is 0 Å². The number of hydrogen-bond donors (Lipinski definition) is 1. The second kappa shape index (κ2) is 4.33. The molecule has 1 aromatic heterocycles. The van der Waals surface area contributed by atoms with Crippen molar-refractivity contribution in [1.82, 2.24) is 4.98 Å². The van der Waals surface area contributed by atoms with Crippen molar-refractivity contribution in [3.05, 3.63) is 39.7 Å². The van der Waals surface area contributed by atoms with Gasteiger partial charge in [-0.15, -0.1) is 0 Å². The number of halogens is 1. The highest BCUT2D eigenvalue weighted by atomic mass is 79.9. The number of carboxylic acids is 1. The van der Waals surface area contributed by atoms with E-state index in [0.29, 0.717) is 11.6 Å². The summed E-state index contributed by atoms with van der Waals surface area (Å²) >= 11 is 3.39. The zero-order valence-electron chi connectivity index (χ0n) is 9.32. The van der Waals surface area contributed by atoms with E-state index in [2.05, 4.69) is 20.9 Å². The first-order valence-electron chi connectivity index (χ1n) is 4.96. The van der Waals surface area contributed by atoms with E-state index in [9.17, 15) is 4.79 Å². The first-order chi connectivity index (χ1) is 7.99. The minimum Gasteiger partial charge on any atom is -0.475 e. The van der Waals surface area contributed by atoms with Crippen molar-refractivity contribution in [2.24, 2.45) is 0 Å². The Labute approximate surface area is 106 Å². The van der Waals surface area contributed by atoms with Crippen LogP contribution in [0.4, 0.5) is 0 Å². The molecule has 0 saturated carbocycles. The van der Waals surface area contributed by atoms with Gasteiger partial charge in [-0.1, -0.05) is 11.6 Å². The number of hydrogen-bond acceptors (Lipinski definition) is 3. The highest BCUT2D eigenvalue weighted by Gasteiger charge is 2.18. The molecule has 17 heavy (non-hydrogen) atoms. The maximum absolute atomic E-state index is 10.9. The van der Waals surface area contributed by atoms with E-state index in [0.717, 1.165) is 15.6 Å². The van der Waals surface area contributed by atoms with Crippen molar-refractivity contribution < 1.29 is 14.3 Å². The van der Waals surface area contributed by atoms with Crippen molar-refractivity contribution in [1.29, 1.82) is 0 Å². The molecule has 0 atom stereocenters. The quantitative estimate of drug-likeness (QED) is 0.922. The zero-order chi connectivity index (χ0) is 12.6. The third kappa shape index (κ3) is 2.24. The Morgan fingerprint density at radius 1 is 1.41 bits per heavy atom. The topological polar surface area (TPSA) is 63.3 Å². The van der Waals surface area contributed by atoms with Gasteiger partial charge in [-0.3, -0.25) is 0 Å². The summed E-state index contributed by atoms with van der Waals surface area (Å²) < 4.78 is 6.08. The lowest BCUT2D eigenvalue weighted by Crippen LogP contribution is -1.95. The molecule has 2 aromatic rings. The molecule has 0 fully saturated rings. The molecule has 0 radical (unpaired) electrons. The monoisotopic (exact) mass is 295 g/mol. The van der Waals surface area contributed by atoms with Gasteiger partial charge in [-0.05, 0) is 41.9 Å². The van der Waals surface area contributed by atoms with Crippen LogP contribution in [0, 0.1) is 13.8 Å². The number of carbonyl (C=O) groups is 1. The summed E-state index contributed by atoms with van der Waals surface area (Å²) in [7, 11) is 0. The van der Waals surface area contributed by atoms with Gasteiger partial charge >= 0.3 is 5.97 Å². The minimum atomic E-state index is -1.11. The molecular weight excluding hydrogens is 286 g/mol. The minimum absolute atomic E-state index is 0.117. The fourth-order valence-electron chi connectivity index (χ4n) is 1.51. The molecule has 0 unspecified atom stereocenters. The third-order valence-corrected chi connectivity index (χ3v) is 3.03. The lowest BCUT2D eigenvalue weighted by Gasteiger charge is -2.00. The Morgan fingerprint density at radius 2 is 2.12 bits per heavy atom. The molecule has 1 N–H and O–H groups in total. The summed E-state index contributed by atoms with van der Waals surface area (Å²) in [6.07, 6.45) is 0. The van der Waals surface area contributed by atoms with Crippen LogP contribution < -0.4 is 0 Å². The van der Waals surface area contributed by atoms with Gasteiger partial charge in [-0.25, -0.2) is 9.78 Å². The summed E-state index contributed by atoms with van der Waals surface area (Å²) in [4.78, 5) is 15.0. The number of carboxylic acid groups (broad SMARTS) is 1. The highest BCUT2D eigenvalue weighted by molar-refractivity contribution is 9.10. The summed E-state index contributed by atoms with van der Waals surface area (Å²) in [6, 6.07) is 5.72. The lowest BCUT2D eigenvalue weighted by atomic mass is 10.1. The smallest absolute Gasteiger partial charge is 0.373 e. The van der Waals surface area contributed by atoms with Crippen molar-refractivity contribution in [2.75, 3.05) is 0 Å². The highest BCUT2D eigenvalue weighted by Crippen LogP contribution is 2.29. The molecular formula is C12H10BrNO3. The number of benzene rings is 1. The van der Waals surface area contributed by atoms with Gasteiger partial charge in [0, 0.05) is 4.47 Å². The molecule has 4 nitrogen and oxygen atoms in total. The standard InChI is InChI=1S/C12H10BrNO3/c1-6-3-4-9(13)8(5-6)11-14-7(2)10(17-11)12(15)16/h3-5H,1-2H3,(H,15,16). The Morgan fingerprint density at radius 3 is 2.71 bits per heavy atom. The van der Waals surface area contributed by atoms with E-state index in [1.807, 2.05) is 25.1 Å². The Hall–Kier alpha value is -1.62. The summed E-state index contributed by atoms with van der Waals surface area (Å²) in [5, 5.41) is 8.90. The average Bonchev–Trinajstić information content (AvgIpc) is 2.64. The number of aromatic carboxylic acids is 1. The molecule has 1 aromatic carbocycles. The van der Waals surface area contributed by atoms with Gasteiger partial charge in [0.25, 0.3) is 0 Å². The molecule has 5 heteroatoms. The first kappa shape index (κ1) is 11.9. The number of rotatable bonds is 2. The van der Waals surface area contributed by atoms with Crippen LogP contribution in [-0.2, 0) is 0 Å². The lowest BCUT2D eigenvalue weighted by molar-refractivity contribution is 0.0662. The summed E-state index contributed by atoms with van der Waals surface area (Å²) in [6.45, 7) is 3.56. The van der Waals surface area contributed by atoms with Crippen LogP contribution in [0.2, 0.25) is 0 Å². The molecule has 88 valence electrons. The fraction of sp³-hybridized carbons (Fsp3) is 0.167. The average molecular weight is 296 g/mol. The van der Waals surface area contributed by atoms with Gasteiger partial charge in [-0.2, -0.15) is 0 Å². The Bertz CT molecular complexity index is 589. The van der Waals surface area contributed by atoms with E-state index in [4.69, 9.17) is 9.52 Å². The number of aromatic nitrogens is 1. The van der Waals surface area contributed by atoms with Gasteiger partial charge in [0.2, 0.25) is 11.7 Å². The predicted molar refractivity (Wildman–Crippen MR) is 66.1 cm³/mol. The molecule has 0 aliphatic heterocycles. The van der Waals surface area contributed by atoms with Crippen molar-refractivity contribution in [3.8, 4) is 11.5 Å². The Kier molecular flexibility index (Phi) is 3.02. The molecule has 0 saturated heterocycles. The second-order valence-corrected chi connectivity index (χ2v) is 4.58. The number of oxazole rings is 1. The van der Waals surface area contributed by atoms with Crippen LogP contribution >= 0.6 is 15.9 Å². The van der Waals surface area contributed by atoms with Crippen LogP contribution in [-0.4, -0.2) is 16.1 Å². The van der Waals surface area contributed by atoms with E-state index >= 15 is 0 Å². The van der Waals surface area contributed by atoms with E-state index < -0.39 is 5.97 Å². The molecule has 1 heterocycles. The Balaban J connectivity index is 2.57. The molecule has 0 aliphatic carbocycles. The zero-order valence-corrected chi connectivity index (χ0v) is 10.9. The maximum Gasteiger partial charge on any atom is 0.373 e. The first-order valence-corrected chi connectivity index (χ1v) is 5.75.